The molecule has 0 radical (unpaired) electrons. The molecule has 5 heterocycles. The van der Waals surface area contributed by atoms with Crippen molar-refractivity contribution in [1.82, 2.24) is 0 Å². The molecule has 18 rings (SSSR count). The van der Waals surface area contributed by atoms with E-state index in [2.05, 4.69) is 332 Å². The quantitative estimate of drug-likeness (QED) is 0.113. The molecule has 2 aliphatic rings. The monoisotopic (exact) mass is 1230 g/mol. The van der Waals surface area contributed by atoms with Crippen LogP contribution in [0.3, 0.4) is 0 Å². The molecule has 16 aromatic rings. The molecule has 7 nitrogen and oxygen atoms in total. The van der Waals surface area contributed by atoms with Crippen LogP contribution in [-0.2, 0) is 5.41 Å². The van der Waals surface area contributed by atoms with Gasteiger partial charge >= 0.3 is 0 Å². The Hall–Kier alpha value is -12.3. The van der Waals surface area contributed by atoms with Gasteiger partial charge < -0.3 is 32.9 Å². The van der Waals surface area contributed by atoms with Crippen LogP contribution in [0.25, 0.3) is 78.0 Å². The standard InChI is InChI=1S/C88H63BN4O3/c1-88(2,3)65-42-48-76(73(54-65)58-23-8-4-9-24-58)93-78-55-71(90(66-29-10-5-11-30-66)67-31-12-6-13-32-67)45-47-75(78)89-74-46-41-64(86-53-63-27-18-21-38-83(63)96-86)50-77(74)92(70-35-22-28-60(49-70)85-52-62-26-17-20-37-82(62)95-85)79-56-72(57-80(93)87(79)89)91(68-33-14-7-15-34-68)69-43-39-59(40-44-69)84-51-61-25-16-19-36-81(61)94-84/h4-57H,1-3H3. The van der Waals surface area contributed by atoms with E-state index in [4.69, 9.17) is 13.3 Å². The Bertz CT molecular complexity index is 5480. The maximum atomic E-state index is 6.80. The second-order valence-corrected chi connectivity index (χ2v) is 26.1. The van der Waals surface area contributed by atoms with Crippen LogP contribution in [0.2, 0.25) is 0 Å². The van der Waals surface area contributed by atoms with Gasteiger partial charge in [-0.3, -0.25) is 0 Å². The van der Waals surface area contributed by atoms with Crippen molar-refractivity contribution in [2.75, 3.05) is 19.6 Å². The minimum Gasteiger partial charge on any atom is -0.456 e. The number of hydrogen-bond acceptors (Lipinski definition) is 7. The van der Waals surface area contributed by atoms with Gasteiger partial charge in [-0.2, -0.15) is 0 Å². The Kier molecular flexibility index (Phi) is 13.4. The lowest BCUT2D eigenvalue weighted by molar-refractivity contribution is 0.590. The third-order valence-electron chi connectivity index (χ3n) is 19.1. The van der Waals surface area contributed by atoms with E-state index >= 15 is 0 Å². The summed E-state index contributed by atoms with van der Waals surface area (Å²) in [5.74, 6) is 2.41. The van der Waals surface area contributed by atoms with Crippen molar-refractivity contribution in [2.45, 2.75) is 26.2 Å². The molecule has 0 fully saturated rings. The van der Waals surface area contributed by atoms with Crippen LogP contribution in [0.15, 0.2) is 341 Å². The van der Waals surface area contributed by atoms with Crippen LogP contribution in [0.5, 0.6) is 0 Å². The highest BCUT2D eigenvalue weighted by molar-refractivity contribution is 7.00. The summed E-state index contributed by atoms with van der Waals surface area (Å²) in [6.07, 6.45) is 0. The molecule has 13 aromatic carbocycles. The third kappa shape index (κ3) is 9.75. The average Bonchev–Trinajstić information content (AvgIpc) is 0.823. The number of furan rings is 3. The van der Waals surface area contributed by atoms with Gasteiger partial charge in [0.05, 0.1) is 11.4 Å². The van der Waals surface area contributed by atoms with Gasteiger partial charge in [0.1, 0.15) is 34.0 Å². The van der Waals surface area contributed by atoms with E-state index < -0.39 is 0 Å². The van der Waals surface area contributed by atoms with Crippen LogP contribution in [0.4, 0.5) is 68.2 Å². The predicted octanol–water partition coefficient (Wildman–Crippen LogP) is 22.9. The highest BCUT2D eigenvalue weighted by atomic mass is 16.3. The van der Waals surface area contributed by atoms with Crippen molar-refractivity contribution in [1.29, 1.82) is 0 Å². The second kappa shape index (κ2) is 22.8. The van der Waals surface area contributed by atoms with E-state index in [0.29, 0.717) is 0 Å². The summed E-state index contributed by atoms with van der Waals surface area (Å²) in [5.41, 5.74) is 24.7. The van der Waals surface area contributed by atoms with Gasteiger partial charge in [-0.25, -0.2) is 0 Å². The van der Waals surface area contributed by atoms with Crippen molar-refractivity contribution in [3.8, 4) is 45.1 Å². The first-order valence-corrected chi connectivity index (χ1v) is 32.9. The molecular formula is C88H63BN4O3. The summed E-state index contributed by atoms with van der Waals surface area (Å²) in [6.45, 7) is 6.66. The second-order valence-electron chi connectivity index (χ2n) is 26.1. The molecule has 0 saturated carbocycles. The van der Waals surface area contributed by atoms with Gasteiger partial charge in [0, 0.05) is 95.3 Å². The minimum absolute atomic E-state index is 0.149. The number of hydrogen-bond donors (Lipinski definition) is 0. The van der Waals surface area contributed by atoms with Crippen LogP contribution >= 0.6 is 0 Å². The Morgan fingerprint density at radius 1 is 0.292 bits per heavy atom. The zero-order valence-corrected chi connectivity index (χ0v) is 53.3. The van der Waals surface area contributed by atoms with E-state index in [-0.39, 0.29) is 12.1 Å². The molecule has 456 valence electrons. The van der Waals surface area contributed by atoms with Crippen molar-refractivity contribution < 1.29 is 13.3 Å². The Balaban J connectivity index is 0.954. The number of rotatable bonds is 12. The van der Waals surface area contributed by atoms with Crippen LogP contribution in [0, 0.1) is 0 Å². The van der Waals surface area contributed by atoms with Gasteiger partial charge in [-0.05, 0) is 185 Å². The van der Waals surface area contributed by atoms with Crippen LogP contribution in [-0.4, -0.2) is 6.71 Å². The van der Waals surface area contributed by atoms with E-state index in [9.17, 15) is 0 Å². The molecule has 3 aromatic heterocycles. The molecule has 0 amide bonds. The fourth-order valence-electron chi connectivity index (χ4n) is 14.5. The zero-order valence-electron chi connectivity index (χ0n) is 53.3. The molecule has 0 bridgehead atoms. The number of fused-ring (bicyclic) bond motifs is 7. The summed E-state index contributed by atoms with van der Waals surface area (Å²) >= 11 is 0. The minimum atomic E-state index is -0.261. The van der Waals surface area contributed by atoms with Crippen LogP contribution < -0.4 is 36.0 Å². The molecule has 0 saturated heterocycles. The average molecular weight is 1240 g/mol. The molecule has 96 heavy (non-hydrogen) atoms. The molecule has 8 heteroatoms. The first-order valence-electron chi connectivity index (χ1n) is 32.9. The van der Waals surface area contributed by atoms with Crippen molar-refractivity contribution in [3.05, 3.63) is 333 Å². The number of benzene rings is 13. The maximum Gasteiger partial charge on any atom is 0.252 e. The van der Waals surface area contributed by atoms with E-state index in [1.54, 1.807) is 0 Å². The van der Waals surface area contributed by atoms with E-state index in [1.165, 1.54) is 16.5 Å². The lowest BCUT2D eigenvalue weighted by Gasteiger charge is -2.45. The van der Waals surface area contributed by atoms with Gasteiger partial charge in [0.2, 0.25) is 0 Å². The Morgan fingerprint density at radius 2 is 0.719 bits per heavy atom. The maximum absolute atomic E-state index is 6.80. The largest absolute Gasteiger partial charge is 0.456 e. The van der Waals surface area contributed by atoms with E-state index in [0.717, 1.165) is 152 Å². The Morgan fingerprint density at radius 3 is 1.27 bits per heavy atom. The number of anilines is 12. The van der Waals surface area contributed by atoms with E-state index in [1.807, 2.05) is 36.4 Å². The summed E-state index contributed by atoms with van der Waals surface area (Å²) in [4.78, 5) is 9.89. The van der Waals surface area contributed by atoms with Gasteiger partial charge in [0.15, 0.2) is 0 Å². The molecule has 0 unspecified atom stereocenters. The number of para-hydroxylation sites is 6. The van der Waals surface area contributed by atoms with Crippen molar-refractivity contribution >= 4 is 124 Å². The van der Waals surface area contributed by atoms with Gasteiger partial charge in [0.25, 0.3) is 6.71 Å². The summed E-state index contributed by atoms with van der Waals surface area (Å²) in [6, 6.07) is 118. The molecule has 0 N–H and O–H groups in total. The van der Waals surface area contributed by atoms with Crippen LogP contribution in [0.1, 0.15) is 26.3 Å². The topological polar surface area (TPSA) is 52.4 Å². The van der Waals surface area contributed by atoms with Gasteiger partial charge in [-0.1, -0.05) is 197 Å². The first kappa shape index (κ1) is 56.5. The van der Waals surface area contributed by atoms with Crippen molar-refractivity contribution in [3.63, 3.8) is 0 Å². The molecule has 2 aliphatic heterocycles. The first-order chi connectivity index (χ1) is 47.2. The predicted molar refractivity (Wildman–Crippen MR) is 400 cm³/mol. The van der Waals surface area contributed by atoms with Gasteiger partial charge in [-0.15, -0.1) is 0 Å². The summed E-state index contributed by atoms with van der Waals surface area (Å²) in [7, 11) is 0. The molecule has 0 spiro atoms. The smallest absolute Gasteiger partial charge is 0.252 e. The summed E-state index contributed by atoms with van der Waals surface area (Å²) in [5, 5.41) is 3.17. The normalized spacial score (nSPS) is 12.5. The van der Waals surface area contributed by atoms with Crippen molar-refractivity contribution in [2.24, 2.45) is 0 Å². The highest BCUT2D eigenvalue weighted by Gasteiger charge is 2.45. The Labute approximate surface area is 558 Å². The lowest BCUT2D eigenvalue weighted by Crippen LogP contribution is -2.61. The highest BCUT2D eigenvalue weighted by Crippen LogP contribution is 2.52. The number of nitrogens with zero attached hydrogens (tertiary/aromatic N) is 4. The third-order valence-corrected chi connectivity index (χ3v) is 19.1. The summed E-state index contributed by atoms with van der Waals surface area (Å²) < 4.78 is 20.0. The SMILES string of the molecule is CC(C)(C)c1ccc(N2c3cc(N(c4ccccc4)c4ccccc4)ccc3B3c4ccc(-c5cc6ccccc6o5)cc4N(c4cccc(-c5cc6ccccc6o5)c4)c4cc(N(c5ccccc5)c5ccc(-c6cc7ccccc7o6)cc5)cc2c43)c(-c2ccccc2)c1. The molecule has 0 aliphatic carbocycles. The fraction of sp³-hybridized carbons (Fsp3) is 0.0455. The molecule has 0 atom stereocenters. The molecular weight excluding hydrogens is 1170 g/mol. The lowest BCUT2D eigenvalue weighted by atomic mass is 9.33. The zero-order chi connectivity index (χ0) is 64.0. The fourth-order valence-corrected chi connectivity index (χ4v) is 14.5.